The van der Waals surface area contributed by atoms with Gasteiger partial charge in [0.1, 0.15) is 5.75 Å². The Kier molecular flexibility index (Phi) is 5.86. The summed E-state index contributed by atoms with van der Waals surface area (Å²) in [5, 5.41) is 9.63. The van der Waals surface area contributed by atoms with E-state index in [1.165, 1.54) is 33.6 Å². The van der Waals surface area contributed by atoms with Crippen LogP contribution in [0.3, 0.4) is 0 Å². The third-order valence-electron chi connectivity index (χ3n) is 4.10. The molecule has 3 heterocycles. The summed E-state index contributed by atoms with van der Waals surface area (Å²) in [4.78, 5) is 34.2. The van der Waals surface area contributed by atoms with Crippen molar-refractivity contribution >= 4 is 44.9 Å². The summed E-state index contributed by atoms with van der Waals surface area (Å²) in [6, 6.07) is 6.12. The largest absolute Gasteiger partial charge is 0.434 e. The van der Waals surface area contributed by atoms with Crippen LogP contribution >= 0.6 is 22.7 Å². The Morgan fingerprint density at radius 3 is 2.87 bits per heavy atom. The lowest BCUT2D eigenvalue weighted by Gasteiger charge is -2.08. The smallest absolute Gasteiger partial charge is 0.387 e. The van der Waals surface area contributed by atoms with Crippen molar-refractivity contribution in [1.29, 1.82) is 0 Å². The number of alkyl halides is 2. The number of amides is 3. The summed E-state index contributed by atoms with van der Waals surface area (Å²) >= 11 is 2.46. The van der Waals surface area contributed by atoms with Crippen LogP contribution in [0.5, 0.6) is 5.75 Å². The molecule has 3 amide bonds. The molecule has 12 heteroatoms. The van der Waals surface area contributed by atoms with Crippen LogP contribution in [-0.2, 0) is 11.2 Å². The van der Waals surface area contributed by atoms with E-state index in [0.717, 1.165) is 0 Å². The molecule has 0 atom stereocenters. The summed E-state index contributed by atoms with van der Waals surface area (Å²) < 4.78 is 29.7. The van der Waals surface area contributed by atoms with Crippen LogP contribution < -0.4 is 20.3 Å². The highest BCUT2D eigenvalue weighted by molar-refractivity contribution is 7.14. The van der Waals surface area contributed by atoms with Crippen LogP contribution in [0.2, 0.25) is 0 Å². The van der Waals surface area contributed by atoms with Gasteiger partial charge in [0.25, 0.3) is 0 Å². The molecule has 0 spiro atoms. The van der Waals surface area contributed by atoms with Crippen LogP contribution in [0.15, 0.2) is 35.0 Å². The Morgan fingerprint density at radius 1 is 1.27 bits per heavy atom. The monoisotopic (exact) mass is 451 g/mol. The number of urea groups is 1. The predicted octanol–water partition coefficient (Wildman–Crippen LogP) is 3.58. The summed E-state index contributed by atoms with van der Waals surface area (Å²) in [7, 11) is 0. The fourth-order valence-corrected chi connectivity index (χ4v) is 4.39. The molecule has 2 N–H and O–H groups in total. The van der Waals surface area contributed by atoms with E-state index in [1.807, 2.05) is 0 Å². The van der Waals surface area contributed by atoms with Crippen LogP contribution in [0, 0.1) is 0 Å². The first-order valence-electron chi connectivity index (χ1n) is 8.79. The zero-order valence-electron chi connectivity index (χ0n) is 15.3. The molecule has 1 saturated heterocycles. The number of nitrogens with zero attached hydrogens (tertiary/aromatic N) is 3. The molecule has 2 aromatic heterocycles. The average Bonchev–Trinajstić information content (AvgIpc) is 3.43. The highest BCUT2D eigenvalue weighted by atomic mass is 32.1. The number of thiazole rings is 2. The molecule has 0 unspecified atom stereocenters. The minimum Gasteiger partial charge on any atom is -0.434 e. The summed E-state index contributed by atoms with van der Waals surface area (Å²) in [6.07, 6.45) is 0.0198. The fraction of sp³-hybridized carbons (Fsp3) is 0.222. The summed E-state index contributed by atoms with van der Waals surface area (Å²) in [6.45, 7) is -1.85. The van der Waals surface area contributed by atoms with Gasteiger partial charge in [0.05, 0.1) is 17.8 Å². The van der Waals surface area contributed by atoms with Gasteiger partial charge in [-0.3, -0.25) is 9.69 Å². The highest BCUT2D eigenvalue weighted by Gasteiger charge is 2.24. The Bertz CT molecular complexity index is 1070. The van der Waals surface area contributed by atoms with Crippen molar-refractivity contribution in [1.82, 2.24) is 15.3 Å². The van der Waals surface area contributed by atoms with Crippen molar-refractivity contribution < 1.29 is 23.1 Å². The molecular weight excluding hydrogens is 436 g/mol. The van der Waals surface area contributed by atoms with E-state index in [1.54, 1.807) is 29.0 Å². The van der Waals surface area contributed by atoms with E-state index < -0.39 is 6.61 Å². The second-order valence-corrected chi connectivity index (χ2v) is 7.84. The lowest BCUT2D eigenvalue weighted by Crippen LogP contribution is -2.27. The minimum atomic E-state index is -2.95. The van der Waals surface area contributed by atoms with Crippen molar-refractivity contribution in [2.45, 2.75) is 13.0 Å². The first-order chi connectivity index (χ1) is 14.5. The first-order valence-corrected chi connectivity index (χ1v) is 10.5. The van der Waals surface area contributed by atoms with Gasteiger partial charge in [-0.25, -0.2) is 14.8 Å². The second kappa shape index (κ2) is 8.71. The number of halogens is 2. The third-order valence-corrected chi connectivity index (χ3v) is 5.77. The SMILES string of the molecule is O=C(Cc1csc(N2CCNC2=O)n1)Nc1nc(-c2ccccc2OC(F)F)cs1. The number of aromatic nitrogens is 2. The zero-order chi connectivity index (χ0) is 21.1. The lowest BCUT2D eigenvalue weighted by molar-refractivity contribution is -0.115. The summed E-state index contributed by atoms with van der Waals surface area (Å²) in [5.41, 5.74) is 1.37. The van der Waals surface area contributed by atoms with E-state index in [9.17, 15) is 18.4 Å². The molecule has 1 aliphatic rings. The number of anilines is 2. The second-order valence-electron chi connectivity index (χ2n) is 6.14. The van der Waals surface area contributed by atoms with Crippen molar-refractivity contribution in [3.63, 3.8) is 0 Å². The molecule has 1 fully saturated rings. The number of para-hydroxylation sites is 1. The maximum atomic E-state index is 12.6. The Hall–Kier alpha value is -3.12. The van der Waals surface area contributed by atoms with Crippen LogP contribution in [0.1, 0.15) is 5.69 Å². The van der Waals surface area contributed by atoms with Gasteiger partial charge in [0.15, 0.2) is 10.3 Å². The molecule has 30 heavy (non-hydrogen) atoms. The first kappa shape index (κ1) is 20.2. The van der Waals surface area contributed by atoms with Crippen LogP contribution in [0.4, 0.5) is 23.8 Å². The van der Waals surface area contributed by atoms with Crippen molar-refractivity contribution in [2.75, 3.05) is 23.3 Å². The van der Waals surface area contributed by atoms with E-state index in [0.29, 0.717) is 40.3 Å². The number of carbonyl (C=O) groups excluding carboxylic acids is 2. The molecule has 1 aromatic carbocycles. The van der Waals surface area contributed by atoms with E-state index in [-0.39, 0.29) is 24.1 Å². The molecule has 3 aromatic rings. The highest BCUT2D eigenvalue weighted by Crippen LogP contribution is 2.33. The van der Waals surface area contributed by atoms with Crippen molar-refractivity contribution in [3.8, 4) is 17.0 Å². The topological polar surface area (TPSA) is 96.5 Å². The average molecular weight is 451 g/mol. The van der Waals surface area contributed by atoms with Crippen LogP contribution in [-0.4, -0.2) is 41.6 Å². The zero-order valence-corrected chi connectivity index (χ0v) is 16.9. The van der Waals surface area contributed by atoms with Gasteiger partial charge in [-0.05, 0) is 12.1 Å². The van der Waals surface area contributed by atoms with Gasteiger partial charge in [-0.15, -0.1) is 22.7 Å². The van der Waals surface area contributed by atoms with Gasteiger partial charge >= 0.3 is 12.6 Å². The maximum Gasteiger partial charge on any atom is 0.387 e. The predicted molar refractivity (Wildman–Crippen MR) is 109 cm³/mol. The normalized spacial score (nSPS) is 13.6. The molecule has 4 rings (SSSR count). The molecule has 0 bridgehead atoms. The molecule has 156 valence electrons. The lowest BCUT2D eigenvalue weighted by atomic mass is 10.1. The number of ether oxygens (including phenoxy) is 1. The Labute approximate surface area is 177 Å². The number of nitrogens with one attached hydrogen (secondary N) is 2. The molecule has 0 radical (unpaired) electrons. The van der Waals surface area contributed by atoms with Crippen molar-refractivity contribution in [2.24, 2.45) is 0 Å². The molecule has 0 saturated carbocycles. The fourth-order valence-electron chi connectivity index (χ4n) is 2.82. The number of carbonyl (C=O) groups is 2. The van der Waals surface area contributed by atoms with Crippen LogP contribution in [0.25, 0.3) is 11.3 Å². The van der Waals surface area contributed by atoms with Gasteiger partial charge in [-0.2, -0.15) is 8.78 Å². The summed E-state index contributed by atoms with van der Waals surface area (Å²) in [5.74, 6) is -0.313. The number of hydrogen-bond donors (Lipinski definition) is 2. The number of hydrogen-bond acceptors (Lipinski definition) is 7. The van der Waals surface area contributed by atoms with Gasteiger partial charge in [0.2, 0.25) is 5.91 Å². The van der Waals surface area contributed by atoms with E-state index in [4.69, 9.17) is 0 Å². The van der Waals surface area contributed by atoms with Crippen molar-refractivity contribution in [3.05, 3.63) is 40.7 Å². The minimum absolute atomic E-state index is 0.0108. The molecule has 1 aliphatic heterocycles. The maximum absolute atomic E-state index is 12.6. The Balaban J connectivity index is 1.40. The molecule has 8 nitrogen and oxygen atoms in total. The van der Waals surface area contributed by atoms with E-state index in [2.05, 4.69) is 25.3 Å². The van der Waals surface area contributed by atoms with Gasteiger partial charge < -0.3 is 15.4 Å². The third kappa shape index (κ3) is 4.54. The molecule has 0 aliphatic carbocycles. The number of benzene rings is 1. The van der Waals surface area contributed by atoms with Gasteiger partial charge in [0, 0.05) is 29.4 Å². The quantitative estimate of drug-likeness (QED) is 0.573. The van der Waals surface area contributed by atoms with Gasteiger partial charge in [-0.1, -0.05) is 12.1 Å². The standard InChI is InChI=1S/C18H15F2N5O3S2/c19-15(20)28-13-4-2-1-3-11(13)12-9-29-16(23-12)24-14(26)7-10-8-30-18(22-10)25-6-5-21-17(25)27/h1-4,8-9,15H,5-7H2,(H,21,27)(H,23,24,26). The Morgan fingerprint density at radius 2 is 2.10 bits per heavy atom. The van der Waals surface area contributed by atoms with E-state index >= 15 is 0 Å². The number of rotatable bonds is 7. The molecular formula is C18H15F2N5O3S2.